The lowest BCUT2D eigenvalue weighted by Gasteiger charge is -2.33. The molecule has 2 amide bonds. The molecular weight excluding hydrogens is 432 g/mol. The van der Waals surface area contributed by atoms with Crippen LogP contribution < -0.4 is 24.8 Å². The fraction of sp³-hybridized carbons (Fsp3) is 0.455. The molecular formula is C22H28N4O7. The van der Waals surface area contributed by atoms with Crippen molar-refractivity contribution < 1.29 is 33.3 Å². The van der Waals surface area contributed by atoms with Gasteiger partial charge in [0.25, 0.3) is 5.91 Å². The normalized spacial score (nSPS) is 16.8. The van der Waals surface area contributed by atoms with E-state index in [4.69, 9.17) is 18.9 Å². The summed E-state index contributed by atoms with van der Waals surface area (Å²) in [4.78, 5) is 35.3. The molecule has 11 nitrogen and oxygen atoms in total. The number of anilines is 1. The molecule has 1 aromatic heterocycles. The highest BCUT2D eigenvalue weighted by atomic mass is 16.6. The summed E-state index contributed by atoms with van der Waals surface area (Å²) in [7, 11) is 2.89. The fourth-order valence-electron chi connectivity index (χ4n) is 3.37. The second kappa shape index (κ2) is 11.2. The second-order valence-corrected chi connectivity index (χ2v) is 7.53. The molecule has 0 bridgehead atoms. The van der Waals surface area contributed by atoms with E-state index < -0.39 is 12.0 Å². The Balaban J connectivity index is 1.49. The van der Waals surface area contributed by atoms with Gasteiger partial charge in [0, 0.05) is 36.4 Å². The molecule has 33 heavy (non-hydrogen) atoms. The van der Waals surface area contributed by atoms with E-state index >= 15 is 0 Å². The van der Waals surface area contributed by atoms with Crippen LogP contribution in [0, 0.1) is 0 Å². The maximum Gasteiger partial charge on any atom is 0.407 e. The number of aromatic amines is 1. The maximum atomic E-state index is 12.3. The minimum absolute atomic E-state index is 0.131. The Labute approximate surface area is 191 Å². The van der Waals surface area contributed by atoms with Crippen LogP contribution in [0.25, 0.3) is 0 Å². The van der Waals surface area contributed by atoms with Gasteiger partial charge < -0.3 is 29.6 Å². The van der Waals surface area contributed by atoms with Gasteiger partial charge in [-0.3, -0.25) is 14.7 Å². The molecule has 1 aliphatic rings. The van der Waals surface area contributed by atoms with Crippen LogP contribution in [0.15, 0.2) is 18.2 Å². The third kappa shape index (κ3) is 6.15. The number of ether oxygens (including phenoxy) is 4. The standard InChI is InChI=1S/C22H28N4O7/c1-4-5-23-22(29)33-15-6-13(7-15)17-10-20(26-25-17)24-21(28)12-32-19-9-14(30-2)8-18(31-3)16(19)11-27/h8-11,13,15H,4-7,12H2,1-3H3,(H,23,29)(H2,24,25,26,28). The molecule has 2 aromatic rings. The minimum atomic E-state index is -0.450. The van der Waals surface area contributed by atoms with Crippen LogP contribution in [-0.4, -0.2) is 62.0 Å². The number of rotatable bonds is 11. The van der Waals surface area contributed by atoms with E-state index in [-0.39, 0.29) is 35.7 Å². The Morgan fingerprint density at radius 2 is 1.94 bits per heavy atom. The van der Waals surface area contributed by atoms with Crippen LogP contribution in [0.1, 0.15) is 48.2 Å². The molecule has 0 radical (unpaired) electrons. The first-order valence-electron chi connectivity index (χ1n) is 10.6. The number of nitrogens with one attached hydrogen (secondary N) is 3. The van der Waals surface area contributed by atoms with Crippen molar-refractivity contribution in [1.82, 2.24) is 15.5 Å². The van der Waals surface area contributed by atoms with Crippen molar-refractivity contribution in [1.29, 1.82) is 0 Å². The van der Waals surface area contributed by atoms with E-state index in [0.717, 1.165) is 12.1 Å². The molecule has 0 atom stereocenters. The number of alkyl carbamates (subject to hydrolysis) is 1. The molecule has 1 saturated carbocycles. The highest BCUT2D eigenvalue weighted by Gasteiger charge is 2.34. The number of methoxy groups -OCH3 is 2. The summed E-state index contributed by atoms with van der Waals surface area (Å²) in [6, 6.07) is 4.79. The second-order valence-electron chi connectivity index (χ2n) is 7.53. The Hall–Kier alpha value is -3.76. The molecule has 3 N–H and O–H groups in total. The molecule has 1 aliphatic carbocycles. The van der Waals surface area contributed by atoms with Crippen molar-refractivity contribution in [2.24, 2.45) is 0 Å². The molecule has 1 heterocycles. The van der Waals surface area contributed by atoms with Crippen LogP contribution in [0.4, 0.5) is 10.6 Å². The molecule has 178 valence electrons. The number of hydrogen-bond acceptors (Lipinski definition) is 8. The summed E-state index contributed by atoms with van der Waals surface area (Å²) in [5, 5.41) is 12.3. The molecule has 0 saturated heterocycles. The van der Waals surface area contributed by atoms with Gasteiger partial charge in [0.2, 0.25) is 0 Å². The fourth-order valence-corrected chi connectivity index (χ4v) is 3.37. The summed E-state index contributed by atoms with van der Waals surface area (Å²) in [6.07, 6.45) is 2.28. The number of H-pyrrole nitrogens is 1. The zero-order valence-electron chi connectivity index (χ0n) is 18.8. The van der Waals surface area contributed by atoms with Gasteiger partial charge in [-0.15, -0.1) is 0 Å². The summed E-state index contributed by atoms with van der Waals surface area (Å²) in [5.74, 6) is 0.944. The van der Waals surface area contributed by atoms with Crippen LogP contribution >= 0.6 is 0 Å². The van der Waals surface area contributed by atoms with Crippen molar-refractivity contribution >= 4 is 24.1 Å². The lowest BCUT2D eigenvalue weighted by atomic mass is 9.80. The van der Waals surface area contributed by atoms with Gasteiger partial charge in [-0.05, 0) is 19.3 Å². The number of nitrogens with zero attached hydrogens (tertiary/aromatic N) is 1. The monoisotopic (exact) mass is 460 g/mol. The van der Waals surface area contributed by atoms with Crippen molar-refractivity contribution in [2.75, 3.05) is 32.7 Å². The lowest BCUT2D eigenvalue weighted by Crippen LogP contribution is -2.36. The van der Waals surface area contributed by atoms with E-state index in [1.54, 1.807) is 12.1 Å². The number of aldehydes is 1. The third-order valence-corrected chi connectivity index (χ3v) is 5.20. The van der Waals surface area contributed by atoms with Crippen LogP contribution in [0.2, 0.25) is 0 Å². The van der Waals surface area contributed by atoms with Gasteiger partial charge in [0.05, 0.1) is 19.8 Å². The number of benzene rings is 1. The quantitative estimate of drug-likeness (QED) is 0.435. The molecule has 11 heteroatoms. The number of amides is 2. The van der Waals surface area contributed by atoms with Gasteiger partial charge in [-0.25, -0.2) is 4.79 Å². The third-order valence-electron chi connectivity index (χ3n) is 5.20. The number of carbonyl (C=O) groups excluding carboxylic acids is 3. The molecule has 1 fully saturated rings. The van der Waals surface area contributed by atoms with Gasteiger partial charge in [-0.2, -0.15) is 5.10 Å². The van der Waals surface area contributed by atoms with E-state index in [1.807, 2.05) is 6.92 Å². The SMILES string of the molecule is CCCNC(=O)OC1CC(c2cc(NC(=O)COc3cc(OC)cc(OC)c3C=O)n[nH]2)C1. The molecule has 0 unspecified atom stereocenters. The number of hydrogen-bond donors (Lipinski definition) is 3. The Kier molecular flexibility index (Phi) is 8.11. The van der Waals surface area contributed by atoms with Gasteiger partial charge in [0.1, 0.15) is 23.4 Å². The van der Waals surface area contributed by atoms with E-state index in [1.165, 1.54) is 20.3 Å². The van der Waals surface area contributed by atoms with Gasteiger partial charge >= 0.3 is 6.09 Å². The molecule has 3 rings (SSSR count). The zero-order valence-corrected chi connectivity index (χ0v) is 18.8. The van der Waals surface area contributed by atoms with E-state index in [9.17, 15) is 14.4 Å². The maximum absolute atomic E-state index is 12.3. The molecule has 0 aliphatic heterocycles. The summed E-state index contributed by atoms with van der Waals surface area (Å²) < 4.78 is 21.2. The zero-order chi connectivity index (χ0) is 23.8. The summed E-state index contributed by atoms with van der Waals surface area (Å²) >= 11 is 0. The van der Waals surface area contributed by atoms with Crippen molar-refractivity contribution in [3.8, 4) is 17.2 Å². The minimum Gasteiger partial charge on any atom is -0.496 e. The number of aromatic nitrogens is 2. The average Bonchev–Trinajstić information content (AvgIpc) is 3.24. The van der Waals surface area contributed by atoms with Crippen molar-refractivity contribution in [3.63, 3.8) is 0 Å². The topological polar surface area (TPSA) is 141 Å². The van der Waals surface area contributed by atoms with E-state index in [0.29, 0.717) is 37.2 Å². The lowest BCUT2D eigenvalue weighted by molar-refractivity contribution is -0.118. The predicted octanol–water partition coefficient (Wildman–Crippen LogP) is 2.64. The summed E-state index contributed by atoms with van der Waals surface area (Å²) in [5.41, 5.74) is 1.03. The first-order chi connectivity index (χ1) is 16.0. The largest absolute Gasteiger partial charge is 0.496 e. The Bertz CT molecular complexity index is 985. The van der Waals surface area contributed by atoms with E-state index in [2.05, 4.69) is 20.8 Å². The first kappa shape index (κ1) is 23.9. The van der Waals surface area contributed by atoms with Crippen LogP contribution in [0.5, 0.6) is 17.2 Å². The summed E-state index contributed by atoms with van der Waals surface area (Å²) in [6.45, 7) is 2.22. The first-order valence-corrected chi connectivity index (χ1v) is 10.6. The van der Waals surface area contributed by atoms with Gasteiger partial charge in [0.15, 0.2) is 18.7 Å². The number of carbonyl (C=O) groups is 3. The average molecular weight is 460 g/mol. The van der Waals surface area contributed by atoms with Crippen molar-refractivity contribution in [2.45, 2.75) is 38.2 Å². The van der Waals surface area contributed by atoms with Gasteiger partial charge in [-0.1, -0.05) is 6.92 Å². The highest BCUT2D eigenvalue weighted by Crippen LogP contribution is 2.38. The predicted molar refractivity (Wildman–Crippen MR) is 118 cm³/mol. The molecule has 1 aromatic carbocycles. The Morgan fingerprint density at radius 1 is 1.18 bits per heavy atom. The van der Waals surface area contributed by atoms with Crippen LogP contribution in [-0.2, 0) is 9.53 Å². The van der Waals surface area contributed by atoms with Crippen molar-refractivity contribution in [3.05, 3.63) is 29.5 Å². The Morgan fingerprint density at radius 3 is 2.61 bits per heavy atom. The van der Waals surface area contributed by atoms with Crippen LogP contribution in [0.3, 0.4) is 0 Å². The highest BCUT2D eigenvalue weighted by molar-refractivity contribution is 5.91. The molecule has 0 spiro atoms. The smallest absolute Gasteiger partial charge is 0.407 e.